The van der Waals surface area contributed by atoms with Crippen LogP contribution >= 0.6 is 23.1 Å². The summed E-state index contributed by atoms with van der Waals surface area (Å²) in [6.07, 6.45) is 0.532. The van der Waals surface area contributed by atoms with E-state index in [1.807, 2.05) is 0 Å². The minimum atomic E-state index is -0.592. The number of benzene rings is 1. The minimum Gasteiger partial charge on any atom is -0.365 e. The van der Waals surface area contributed by atoms with Crippen molar-refractivity contribution in [1.29, 1.82) is 0 Å². The molecule has 0 unspecified atom stereocenters. The molecule has 1 aliphatic heterocycles. The van der Waals surface area contributed by atoms with Gasteiger partial charge in [0, 0.05) is 23.2 Å². The number of thiophene rings is 1. The topological polar surface area (TPSA) is 92.5 Å². The first kappa shape index (κ1) is 19.4. The molecule has 2 aromatic rings. The summed E-state index contributed by atoms with van der Waals surface area (Å²) in [5.41, 5.74) is 6.67. The van der Waals surface area contributed by atoms with Gasteiger partial charge in [0.1, 0.15) is 10.8 Å². The maximum absolute atomic E-state index is 12.9. The normalized spacial score (nSPS) is 13.2. The summed E-state index contributed by atoms with van der Waals surface area (Å²) in [7, 11) is 0. The molecule has 0 atom stereocenters. The van der Waals surface area contributed by atoms with Crippen LogP contribution in [0.3, 0.4) is 0 Å². The Bertz CT molecular complexity index is 896. The molecule has 0 fully saturated rings. The van der Waals surface area contributed by atoms with Gasteiger partial charge in [0.25, 0.3) is 5.91 Å². The first-order valence-corrected chi connectivity index (χ1v) is 10.0. The summed E-state index contributed by atoms with van der Waals surface area (Å²) in [4.78, 5) is 39.1. The van der Waals surface area contributed by atoms with Gasteiger partial charge >= 0.3 is 0 Å². The number of carbonyl (C=O) groups is 3. The zero-order valence-corrected chi connectivity index (χ0v) is 16.2. The van der Waals surface area contributed by atoms with Gasteiger partial charge in [-0.1, -0.05) is 0 Å². The van der Waals surface area contributed by atoms with Crippen LogP contribution in [0.15, 0.2) is 29.2 Å². The molecule has 0 bridgehead atoms. The smallest absolute Gasteiger partial charge is 0.251 e. The zero-order valence-electron chi connectivity index (χ0n) is 14.6. The van der Waals surface area contributed by atoms with Crippen LogP contribution in [-0.2, 0) is 22.6 Å². The van der Waals surface area contributed by atoms with Crippen LogP contribution < -0.4 is 11.1 Å². The summed E-state index contributed by atoms with van der Waals surface area (Å²) in [5, 5.41) is 3.17. The van der Waals surface area contributed by atoms with E-state index in [-0.39, 0.29) is 23.4 Å². The monoisotopic (exact) mass is 407 g/mol. The SMILES string of the molecule is CC(=O)N1CCc2c(sc(NC(=O)CSc3ccc(F)cc3)c2C(N)=O)C1. The van der Waals surface area contributed by atoms with Gasteiger partial charge in [0.15, 0.2) is 0 Å². The summed E-state index contributed by atoms with van der Waals surface area (Å²) in [6, 6.07) is 5.86. The van der Waals surface area contributed by atoms with Crippen molar-refractivity contribution in [2.45, 2.75) is 24.8 Å². The second-order valence-electron chi connectivity index (χ2n) is 6.05. The van der Waals surface area contributed by atoms with E-state index in [1.54, 1.807) is 17.0 Å². The van der Waals surface area contributed by atoms with Gasteiger partial charge in [-0.2, -0.15) is 0 Å². The van der Waals surface area contributed by atoms with Gasteiger partial charge in [-0.3, -0.25) is 14.4 Å². The molecule has 0 saturated heterocycles. The molecule has 0 radical (unpaired) electrons. The van der Waals surface area contributed by atoms with E-state index < -0.39 is 5.91 Å². The van der Waals surface area contributed by atoms with Crippen molar-refractivity contribution in [3.63, 3.8) is 0 Å². The predicted octanol–water partition coefficient (Wildman–Crippen LogP) is 2.62. The van der Waals surface area contributed by atoms with Gasteiger partial charge in [-0.25, -0.2) is 4.39 Å². The Morgan fingerprint density at radius 3 is 2.63 bits per heavy atom. The van der Waals surface area contributed by atoms with Crippen molar-refractivity contribution in [1.82, 2.24) is 4.90 Å². The highest BCUT2D eigenvalue weighted by atomic mass is 32.2. The predicted molar refractivity (Wildman–Crippen MR) is 103 cm³/mol. The number of rotatable bonds is 5. The number of primary amides is 1. The molecule has 1 aliphatic rings. The van der Waals surface area contributed by atoms with E-state index in [0.717, 1.165) is 15.3 Å². The van der Waals surface area contributed by atoms with Crippen molar-refractivity contribution in [3.05, 3.63) is 46.1 Å². The van der Waals surface area contributed by atoms with Crippen LogP contribution in [0.2, 0.25) is 0 Å². The number of anilines is 1. The van der Waals surface area contributed by atoms with Crippen molar-refractivity contribution in [2.75, 3.05) is 17.6 Å². The van der Waals surface area contributed by atoms with E-state index >= 15 is 0 Å². The van der Waals surface area contributed by atoms with E-state index in [1.165, 1.54) is 42.2 Å². The molecule has 3 N–H and O–H groups in total. The first-order chi connectivity index (χ1) is 12.8. The van der Waals surface area contributed by atoms with Crippen molar-refractivity contribution >= 4 is 45.8 Å². The van der Waals surface area contributed by atoms with Gasteiger partial charge in [0.2, 0.25) is 11.8 Å². The number of carbonyl (C=O) groups excluding carboxylic acids is 3. The highest BCUT2D eigenvalue weighted by Crippen LogP contribution is 2.37. The number of nitrogens with zero attached hydrogens (tertiary/aromatic N) is 1. The minimum absolute atomic E-state index is 0.0315. The molecule has 6 nitrogen and oxygen atoms in total. The molecule has 142 valence electrons. The Kier molecular flexibility index (Phi) is 5.81. The van der Waals surface area contributed by atoms with Crippen LogP contribution in [0.5, 0.6) is 0 Å². The van der Waals surface area contributed by atoms with Crippen LogP contribution in [0, 0.1) is 5.82 Å². The largest absolute Gasteiger partial charge is 0.365 e. The Morgan fingerprint density at radius 1 is 1.30 bits per heavy atom. The average Bonchev–Trinajstić information content (AvgIpc) is 2.98. The fourth-order valence-corrected chi connectivity index (χ4v) is 4.85. The Balaban J connectivity index is 1.72. The fourth-order valence-electron chi connectivity index (χ4n) is 2.86. The Hall–Kier alpha value is -2.39. The maximum Gasteiger partial charge on any atom is 0.251 e. The van der Waals surface area contributed by atoms with Crippen LogP contribution in [-0.4, -0.2) is 34.9 Å². The second-order valence-corrected chi connectivity index (χ2v) is 8.21. The third-order valence-electron chi connectivity index (χ3n) is 4.19. The van der Waals surface area contributed by atoms with Crippen LogP contribution in [0.1, 0.15) is 27.7 Å². The third kappa shape index (κ3) is 4.48. The van der Waals surface area contributed by atoms with Crippen LogP contribution in [0.4, 0.5) is 9.39 Å². The number of hydrogen-bond acceptors (Lipinski definition) is 5. The number of fused-ring (bicyclic) bond motifs is 1. The maximum atomic E-state index is 12.9. The number of nitrogens with two attached hydrogens (primary N) is 1. The van der Waals surface area contributed by atoms with Crippen molar-refractivity contribution < 1.29 is 18.8 Å². The number of thioether (sulfide) groups is 1. The molecule has 0 aliphatic carbocycles. The van der Waals surface area contributed by atoms with Crippen LogP contribution in [0.25, 0.3) is 0 Å². The molecule has 27 heavy (non-hydrogen) atoms. The van der Waals surface area contributed by atoms with Crippen molar-refractivity contribution in [3.8, 4) is 0 Å². The zero-order chi connectivity index (χ0) is 19.6. The van der Waals surface area contributed by atoms with Gasteiger partial charge in [-0.05, 0) is 36.2 Å². The number of hydrogen-bond donors (Lipinski definition) is 2. The lowest BCUT2D eigenvalue weighted by atomic mass is 10.0. The van der Waals surface area contributed by atoms with Gasteiger partial charge < -0.3 is 16.0 Å². The Labute approximate surface area is 163 Å². The molecule has 1 aromatic heterocycles. The molecule has 1 aromatic carbocycles. The van der Waals surface area contributed by atoms with E-state index in [2.05, 4.69) is 5.32 Å². The molecule has 0 saturated carbocycles. The Morgan fingerprint density at radius 2 is 2.00 bits per heavy atom. The van der Waals surface area contributed by atoms with Gasteiger partial charge in [-0.15, -0.1) is 23.1 Å². The van der Waals surface area contributed by atoms with E-state index in [0.29, 0.717) is 30.1 Å². The molecular formula is C18H18FN3O3S2. The fraction of sp³-hybridized carbons (Fsp3) is 0.278. The highest BCUT2D eigenvalue weighted by Gasteiger charge is 2.28. The lowest BCUT2D eigenvalue weighted by Gasteiger charge is -2.25. The third-order valence-corrected chi connectivity index (χ3v) is 6.33. The van der Waals surface area contributed by atoms with Gasteiger partial charge in [0.05, 0.1) is 17.9 Å². The highest BCUT2D eigenvalue weighted by molar-refractivity contribution is 8.00. The molecular weight excluding hydrogens is 389 g/mol. The quantitative estimate of drug-likeness (QED) is 0.745. The molecule has 9 heteroatoms. The molecule has 2 heterocycles. The first-order valence-electron chi connectivity index (χ1n) is 8.23. The average molecular weight is 407 g/mol. The van der Waals surface area contributed by atoms with Crippen molar-refractivity contribution in [2.24, 2.45) is 5.73 Å². The summed E-state index contributed by atoms with van der Waals surface area (Å²) in [6.45, 7) is 2.44. The van der Waals surface area contributed by atoms with E-state index in [9.17, 15) is 18.8 Å². The number of halogens is 1. The number of amides is 3. The molecule has 3 amide bonds. The summed E-state index contributed by atoms with van der Waals surface area (Å²) >= 11 is 2.54. The standard InChI is InChI=1S/C18H18FN3O3S2/c1-10(23)22-7-6-13-14(8-22)27-18(16(13)17(20)25)21-15(24)9-26-12-4-2-11(19)3-5-12/h2-5H,6-9H2,1H3,(H2,20,25)(H,21,24). The lowest BCUT2D eigenvalue weighted by molar-refractivity contribution is -0.129. The lowest BCUT2D eigenvalue weighted by Crippen LogP contribution is -2.34. The summed E-state index contributed by atoms with van der Waals surface area (Å²) in [5.74, 6) is -1.12. The molecule has 3 rings (SSSR count). The van der Waals surface area contributed by atoms with E-state index in [4.69, 9.17) is 5.73 Å². The summed E-state index contributed by atoms with van der Waals surface area (Å²) < 4.78 is 12.9. The molecule has 0 spiro atoms. The number of nitrogens with one attached hydrogen (secondary N) is 1. The second kappa shape index (κ2) is 8.10.